The second kappa shape index (κ2) is 7.38. The zero-order chi connectivity index (χ0) is 15.2. The summed E-state index contributed by atoms with van der Waals surface area (Å²) in [5.74, 6) is -0.114. The summed E-state index contributed by atoms with van der Waals surface area (Å²) in [6.45, 7) is 5.09. The van der Waals surface area contributed by atoms with Gasteiger partial charge in [0.05, 0.1) is 18.8 Å². The lowest BCUT2D eigenvalue weighted by atomic mass is 9.95. The summed E-state index contributed by atoms with van der Waals surface area (Å²) in [6.07, 6.45) is 0.621. The van der Waals surface area contributed by atoms with Crippen molar-refractivity contribution in [3.05, 3.63) is 29.8 Å². The number of aliphatic hydroxyl groups is 2. The SMILES string of the molecule is CCC(CO)(CO)NC(C)c1cccc(NC(C)=O)c1. The van der Waals surface area contributed by atoms with Gasteiger partial charge in [0.1, 0.15) is 0 Å². The molecule has 1 atom stereocenters. The van der Waals surface area contributed by atoms with Crippen molar-refractivity contribution >= 4 is 11.6 Å². The Labute approximate surface area is 120 Å². The van der Waals surface area contributed by atoms with Crippen molar-refractivity contribution in [2.24, 2.45) is 0 Å². The number of anilines is 1. The van der Waals surface area contributed by atoms with Crippen LogP contribution in [0, 0.1) is 0 Å². The van der Waals surface area contributed by atoms with Crippen LogP contribution in [0.1, 0.15) is 38.8 Å². The van der Waals surface area contributed by atoms with E-state index in [-0.39, 0.29) is 25.2 Å². The van der Waals surface area contributed by atoms with Crippen LogP contribution in [0.4, 0.5) is 5.69 Å². The predicted octanol–water partition coefficient (Wildman–Crippen LogP) is 1.43. The summed E-state index contributed by atoms with van der Waals surface area (Å²) in [5, 5.41) is 24.9. The van der Waals surface area contributed by atoms with Crippen LogP contribution in [-0.2, 0) is 4.79 Å². The number of benzene rings is 1. The van der Waals surface area contributed by atoms with Gasteiger partial charge in [-0.05, 0) is 31.0 Å². The quantitative estimate of drug-likeness (QED) is 0.609. The lowest BCUT2D eigenvalue weighted by molar-refractivity contribution is -0.114. The van der Waals surface area contributed by atoms with Gasteiger partial charge in [-0.3, -0.25) is 4.79 Å². The highest BCUT2D eigenvalue weighted by atomic mass is 16.3. The largest absolute Gasteiger partial charge is 0.394 e. The maximum absolute atomic E-state index is 11.1. The van der Waals surface area contributed by atoms with Crippen molar-refractivity contribution in [1.82, 2.24) is 5.32 Å². The summed E-state index contributed by atoms with van der Waals surface area (Å²) in [4.78, 5) is 11.1. The van der Waals surface area contributed by atoms with Crippen molar-refractivity contribution in [2.75, 3.05) is 18.5 Å². The van der Waals surface area contributed by atoms with Gasteiger partial charge in [0.25, 0.3) is 0 Å². The van der Waals surface area contributed by atoms with E-state index in [0.29, 0.717) is 6.42 Å². The molecule has 20 heavy (non-hydrogen) atoms. The van der Waals surface area contributed by atoms with E-state index in [1.165, 1.54) is 6.92 Å². The highest BCUT2D eigenvalue weighted by Gasteiger charge is 2.28. The summed E-state index contributed by atoms with van der Waals surface area (Å²) in [6, 6.07) is 7.46. The number of carbonyl (C=O) groups excluding carboxylic acids is 1. The summed E-state index contributed by atoms with van der Waals surface area (Å²) < 4.78 is 0. The molecule has 0 aliphatic carbocycles. The maximum atomic E-state index is 11.1. The molecule has 0 bridgehead atoms. The molecule has 0 heterocycles. The second-order valence-electron chi connectivity index (χ2n) is 5.12. The Morgan fingerprint density at radius 3 is 2.50 bits per heavy atom. The number of hydrogen-bond acceptors (Lipinski definition) is 4. The molecule has 1 aromatic rings. The molecule has 5 nitrogen and oxygen atoms in total. The molecule has 1 rings (SSSR count). The van der Waals surface area contributed by atoms with Crippen LogP contribution in [0.15, 0.2) is 24.3 Å². The van der Waals surface area contributed by atoms with Crippen LogP contribution in [0.25, 0.3) is 0 Å². The molecule has 4 N–H and O–H groups in total. The Bertz CT molecular complexity index is 436. The molecule has 0 aromatic heterocycles. The number of aliphatic hydroxyl groups excluding tert-OH is 2. The number of hydrogen-bond donors (Lipinski definition) is 4. The first kappa shape index (κ1) is 16.6. The van der Waals surface area contributed by atoms with Crippen LogP contribution < -0.4 is 10.6 Å². The fourth-order valence-corrected chi connectivity index (χ4v) is 2.10. The Balaban J connectivity index is 2.86. The minimum absolute atomic E-state index is 0.0528. The molecule has 1 amide bonds. The third-order valence-corrected chi connectivity index (χ3v) is 3.51. The number of rotatable bonds is 7. The molecule has 0 fully saturated rings. The molecular formula is C15H24N2O3. The summed E-state index contributed by atoms with van der Waals surface area (Å²) in [5.41, 5.74) is 1.03. The summed E-state index contributed by atoms with van der Waals surface area (Å²) in [7, 11) is 0. The second-order valence-corrected chi connectivity index (χ2v) is 5.12. The molecule has 5 heteroatoms. The molecule has 1 aromatic carbocycles. The standard InChI is InChI=1S/C15H24N2O3/c1-4-15(9-18,10-19)17-11(2)13-6-5-7-14(8-13)16-12(3)20/h5-8,11,17-19H,4,9-10H2,1-3H3,(H,16,20). The van der Waals surface area contributed by atoms with E-state index in [2.05, 4.69) is 10.6 Å². The fraction of sp³-hybridized carbons (Fsp3) is 0.533. The smallest absolute Gasteiger partial charge is 0.221 e. The molecule has 0 aliphatic heterocycles. The Hall–Kier alpha value is -1.43. The van der Waals surface area contributed by atoms with E-state index >= 15 is 0 Å². The van der Waals surface area contributed by atoms with E-state index in [1.54, 1.807) is 0 Å². The lowest BCUT2D eigenvalue weighted by Gasteiger charge is -2.33. The number of amides is 1. The van der Waals surface area contributed by atoms with Gasteiger partial charge in [-0.1, -0.05) is 19.1 Å². The molecule has 0 aliphatic rings. The molecule has 1 unspecified atom stereocenters. The summed E-state index contributed by atoms with van der Waals surface area (Å²) >= 11 is 0. The van der Waals surface area contributed by atoms with E-state index in [4.69, 9.17) is 0 Å². The van der Waals surface area contributed by atoms with Gasteiger partial charge in [0.15, 0.2) is 0 Å². The topological polar surface area (TPSA) is 81.6 Å². The van der Waals surface area contributed by atoms with Crippen LogP contribution >= 0.6 is 0 Å². The van der Waals surface area contributed by atoms with E-state index in [0.717, 1.165) is 11.3 Å². The maximum Gasteiger partial charge on any atom is 0.221 e. The van der Waals surface area contributed by atoms with Crippen LogP contribution in [-0.4, -0.2) is 34.9 Å². The average molecular weight is 280 g/mol. The minimum Gasteiger partial charge on any atom is -0.394 e. The van der Waals surface area contributed by atoms with E-state index < -0.39 is 5.54 Å². The molecular weight excluding hydrogens is 256 g/mol. The van der Waals surface area contributed by atoms with Gasteiger partial charge in [-0.15, -0.1) is 0 Å². The Kier molecular flexibility index (Phi) is 6.13. The molecule has 0 saturated heterocycles. The van der Waals surface area contributed by atoms with Crippen LogP contribution in [0.5, 0.6) is 0 Å². The van der Waals surface area contributed by atoms with E-state index in [9.17, 15) is 15.0 Å². The van der Waals surface area contributed by atoms with Gasteiger partial charge in [-0.2, -0.15) is 0 Å². The lowest BCUT2D eigenvalue weighted by Crippen LogP contribution is -2.52. The number of carbonyl (C=O) groups is 1. The van der Waals surface area contributed by atoms with E-state index in [1.807, 2.05) is 38.1 Å². The van der Waals surface area contributed by atoms with Gasteiger partial charge in [-0.25, -0.2) is 0 Å². The first-order valence-electron chi connectivity index (χ1n) is 6.83. The number of nitrogens with one attached hydrogen (secondary N) is 2. The minimum atomic E-state index is -0.691. The first-order chi connectivity index (χ1) is 9.46. The van der Waals surface area contributed by atoms with Gasteiger partial charge >= 0.3 is 0 Å². The first-order valence-corrected chi connectivity index (χ1v) is 6.83. The molecule has 0 radical (unpaired) electrons. The third-order valence-electron chi connectivity index (χ3n) is 3.51. The zero-order valence-corrected chi connectivity index (χ0v) is 12.3. The van der Waals surface area contributed by atoms with Crippen molar-refractivity contribution in [3.63, 3.8) is 0 Å². The highest BCUT2D eigenvalue weighted by molar-refractivity contribution is 5.88. The van der Waals surface area contributed by atoms with Crippen molar-refractivity contribution < 1.29 is 15.0 Å². The van der Waals surface area contributed by atoms with Crippen molar-refractivity contribution in [3.8, 4) is 0 Å². The van der Waals surface area contributed by atoms with Gasteiger partial charge in [0.2, 0.25) is 5.91 Å². The van der Waals surface area contributed by atoms with Crippen LogP contribution in [0.3, 0.4) is 0 Å². The van der Waals surface area contributed by atoms with Gasteiger partial charge < -0.3 is 20.8 Å². The van der Waals surface area contributed by atoms with Crippen molar-refractivity contribution in [2.45, 2.75) is 38.8 Å². The predicted molar refractivity (Wildman–Crippen MR) is 79.5 cm³/mol. The molecule has 0 saturated carbocycles. The van der Waals surface area contributed by atoms with Crippen LogP contribution in [0.2, 0.25) is 0 Å². The molecule has 0 spiro atoms. The monoisotopic (exact) mass is 280 g/mol. The molecule has 112 valence electrons. The Morgan fingerprint density at radius 1 is 1.35 bits per heavy atom. The third kappa shape index (κ3) is 4.30. The average Bonchev–Trinajstić information content (AvgIpc) is 2.44. The Morgan fingerprint density at radius 2 is 2.00 bits per heavy atom. The van der Waals surface area contributed by atoms with Gasteiger partial charge in [0, 0.05) is 18.7 Å². The fourth-order valence-electron chi connectivity index (χ4n) is 2.10. The zero-order valence-electron chi connectivity index (χ0n) is 12.3. The normalized spacial score (nSPS) is 13.1. The van der Waals surface area contributed by atoms with Crippen molar-refractivity contribution in [1.29, 1.82) is 0 Å². The highest BCUT2D eigenvalue weighted by Crippen LogP contribution is 2.21.